The predicted octanol–water partition coefficient (Wildman–Crippen LogP) is 6.99. The molecule has 0 saturated carbocycles. The first-order chi connectivity index (χ1) is 16.2. The highest BCUT2D eigenvalue weighted by Gasteiger charge is 2.40. The molecule has 0 aromatic heterocycles. The standard InChI is InChI=1S/C23H12Cl5N3O3/c24-13-3-1-5-15(17(13)26)30-21(32)11-7-9-12(10-8-11)29-20-19(28)22(33)31(23(20)34)16-6-2-4-14(25)18(16)27/h1-10,29H,(H,30,32). The molecular formula is C23H12Cl5N3O3. The van der Waals surface area contributed by atoms with Gasteiger partial charge in [0, 0.05) is 11.3 Å². The van der Waals surface area contributed by atoms with Crippen LogP contribution in [0.15, 0.2) is 71.4 Å². The van der Waals surface area contributed by atoms with Crippen LogP contribution >= 0.6 is 58.0 Å². The number of carbonyl (C=O) groups is 3. The normalized spacial score (nSPS) is 13.5. The maximum atomic E-state index is 12.9. The molecule has 0 radical (unpaired) electrons. The SMILES string of the molecule is O=C(Nc1cccc(Cl)c1Cl)c1ccc(NC2=C(Cl)C(=O)N(c3cccc(Cl)c3Cl)C2=O)cc1. The lowest BCUT2D eigenvalue weighted by Gasteiger charge is -2.17. The van der Waals surface area contributed by atoms with E-state index in [0.29, 0.717) is 22.0 Å². The number of imide groups is 1. The van der Waals surface area contributed by atoms with Crippen molar-refractivity contribution >= 4 is 92.8 Å². The Hall–Kier alpha value is -2.74. The van der Waals surface area contributed by atoms with Crippen LogP contribution in [-0.4, -0.2) is 17.7 Å². The van der Waals surface area contributed by atoms with Crippen LogP contribution in [0.3, 0.4) is 0 Å². The van der Waals surface area contributed by atoms with E-state index in [2.05, 4.69) is 10.6 Å². The number of carbonyl (C=O) groups excluding carboxylic acids is 3. The molecule has 1 heterocycles. The van der Waals surface area contributed by atoms with E-state index in [1.165, 1.54) is 24.3 Å². The zero-order chi connectivity index (χ0) is 24.6. The molecule has 0 bridgehead atoms. The van der Waals surface area contributed by atoms with Gasteiger partial charge in [0.1, 0.15) is 10.7 Å². The Kier molecular flexibility index (Phi) is 7.07. The fourth-order valence-corrected chi connectivity index (χ4v) is 4.08. The lowest BCUT2D eigenvalue weighted by Crippen LogP contribution is -2.32. The van der Waals surface area contributed by atoms with Gasteiger partial charge in [0.05, 0.1) is 31.5 Å². The molecule has 3 amide bonds. The summed E-state index contributed by atoms with van der Waals surface area (Å²) in [5.41, 5.74) is 1.10. The second kappa shape index (κ2) is 9.86. The molecule has 0 spiro atoms. The molecule has 6 nitrogen and oxygen atoms in total. The molecule has 3 aromatic carbocycles. The van der Waals surface area contributed by atoms with Crippen molar-refractivity contribution in [3.63, 3.8) is 0 Å². The summed E-state index contributed by atoms with van der Waals surface area (Å²) in [7, 11) is 0. The van der Waals surface area contributed by atoms with Crippen molar-refractivity contribution in [1.82, 2.24) is 0 Å². The van der Waals surface area contributed by atoms with Crippen LogP contribution < -0.4 is 15.5 Å². The van der Waals surface area contributed by atoms with Crippen LogP contribution in [0.4, 0.5) is 17.1 Å². The second-order valence-electron chi connectivity index (χ2n) is 6.97. The predicted molar refractivity (Wildman–Crippen MR) is 136 cm³/mol. The first-order valence-corrected chi connectivity index (χ1v) is 11.4. The molecule has 1 aliphatic heterocycles. The van der Waals surface area contributed by atoms with Crippen molar-refractivity contribution < 1.29 is 14.4 Å². The van der Waals surface area contributed by atoms with E-state index in [1.54, 1.807) is 36.4 Å². The third-order valence-electron chi connectivity index (χ3n) is 4.82. The number of nitrogens with one attached hydrogen (secondary N) is 2. The Morgan fingerprint density at radius 3 is 2.03 bits per heavy atom. The maximum absolute atomic E-state index is 12.9. The van der Waals surface area contributed by atoms with E-state index in [0.717, 1.165) is 4.90 Å². The van der Waals surface area contributed by atoms with Gasteiger partial charge in [-0.05, 0) is 48.5 Å². The van der Waals surface area contributed by atoms with Crippen LogP contribution in [0.5, 0.6) is 0 Å². The van der Waals surface area contributed by atoms with Gasteiger partial charge in [-0.1, -0.05) is 70.1 Å². The molecule has 34 heavy (non-hydrogen) atoms. The lowest BCUT2D eigenvalue weighted by atomic mass is 10.2. The van der Waals surface area contributed by atoms with Crippen molar-refractivity contribution in [1.29, 1.82) is 0 Å². The maximum Gasteiger partial charge on any atom is 0.283 e. The summed E-state index contributed by atoms with van der Waals surface area (Å²) in [5.74, 6) is -1.86. The van der Waals surface area contributed by atoms with Gasteiger partial charge >= 0.3 is 0 Å². The molecule has 0 unspecified atom stereocenters. The van der Waals surface area contributed by atoms with Crippen molar-refractivity contribution in [2.75, 3.05) is 15.5 Å². The van der Waals surface area contributed by atoms with Crippen molar-refractivity contribution in [2.24, 2.45) is 0 Å². The summed E-state index contributed by atoms with van der Waals surface area (Å²) in [5, 5.41) is 5.97. The summed E-state index contributed by atoms with van der Waals surface area (Å²) in [4.78, 5) is 39.0. The van der Waals surface area contributed by atoms with E-state index in [4.69, 9.17) is 58.0 Å². The molecule has 0 atom stereocenters. The number of amides is 3. The topological polar surface area (TPSA) is 78.5 Å². The molecule has 2 N–H and O–H groups in total. The first kappa shape index (κ1) is 24.4. The van der Waals surface area contributed by atoms with E-state index < -0.39 is 17.7 Å². The number of hydrogen-bond donors (Lipinski definition) is 2. The smallest absolute Gasteiger partial charge is 0.283 e. The third kappa shape index (κ3) is 4.60. The monoisotopic (exact) mass is 553 g/mol. The van der Waals surface area contributed by atoms with Crippen LogP contribution in [0.2, 0.25) is 20.1 Å². The summed E-state index contributed by atoms with van der Waals surface area (Å²) in [6, 6.07) is 15.6. The minimum atomic E-state index is -0.743. The molecule has 0 aliphatic carbocycles. The molecule has 3 aromatic rings. The number of benzene rings is 3. The van der Waals surface area contributed by atoms with Gasteiger partial charge in [-0.2, -0.15) is 0 Å². The van der Waals surface area contributed by atoms with Crippen molar-refractivity contribution in [3.05, 3.63) is 97.0 Å². The van der Waals surface area contributed by atoms with Gasteiger partial charge in [-0.25, -0.2) is 4.90 Å². The average molecular weight is 556 g/mol. The molecule has 172 valence electrons. The zero-order valence-corrected chi connectivity index (χ0v) is 20.6. The number of halogens is 5. The highest BCUT2D eigenvalue weighted by molar-refractivity contribution is 6.54. The van der Waals surface area contributed by atoms with Crippen molar-refractivity contribution in [2.45, 2.75) is 0 Å². The van der Waals surface area contributed by atoms with Crippen LogP contribution in [0, 0.1) is 0 Å². The minimum Gasteiger partial charge on any atom is -0.350 e. The highest BCUT2D eigenvalue weighted by atomic mass is 35.5. The number of rotatable bonds is 5. The van der Waals surface area contributed by atoms with Gasteiger partial charge in [-0.15, -0.1) is 0 Å². The Bertz CT molecular complexity index is 1370. The molecule has 11 heteroatoms. The summed E-state index contributed by atoms with van der Waals surface area (Å²) in [6.45, 7) is 0. The van der Waals surface area contributed by atoms with Crippen LogP contribution in [0.25, 0.3) is 0 Å². The van der Waals surface area contributed by atoms with Gasteiger partial charge in [-0.3, -0.25) is 14.4 Å². The Balaban J connectivity index is 1.51. The number of anilines is 3. The zero-order valence-electron chi connectivity index (χ0n) is 16.8. The quantitative estimate of drug-likeness (QED) is 0.333. The Morgan fingerprint density at radius 2 is 1.35 bits per heavy atom. The first-order valence-electron chi connectivity index (χ1n) is 9.54. The lowest BCUT2D eigenvalue weighted by molar-refractivity contribution is -0.120. The van der Waals surface area contributed by atoms with Gasteiger partial charge in [0.25, 0.3) is 17.7 Å². The molecular weight excluding hydrogens is 544 g/mol. The largest absolute Gasteiger partial charge is 0.350 e. The highest BCUT2D eigenvalue weighted by Crippen LogP contribution is 2.37. The Morgan fingerprint density at radius 1 is 0.735 bits per heavy atom. The fourth-order valence-electron chi connectivity index (χ4n) is 3.14. The van der Waals surface area contributed by atoms with Crippen molar-refractivity contribution in [3.8, 4) is 0 Å². The van der Waals surface area contributed by atoms with Gasteiger partial charge in [0.15, 0.2) is 0 Å². The van der Waals surface area contributed by atoms with E-state index in [9.17, 15) is 14.4 Å². The van der Waals surface area contributed by atoms with Crippen LogP contribution in [0.1, 0.15) is 10.4 Å². The summed E-state index contributed by atoms with van der Waals surface area (Å²) >= 11 is 30.4. The molecule has 1 aliphatic rings. The molecule has 0 saturated heterocycles. The average Bonchev–Trinajstić information content (AvgIpc) is 3.02. The number of nitrogens with zero attached hydrogens (tertiary/aromatic N) is 1. The van der Waals surface area contributed by atoms with Gasteiger partial charge in [0.2, 0.25) is 0 Å². The fraction of sp³-hybridized carbons (Fsp3) is 0. The number of hydrogen-bond acceptors (Lipinski definition) is 4. The second-order valence-corrected chi connectivity index (χ2v) is 8.91. The van der Waals surface area contributed by atoms with Crippen LogP contribution in [-0.2, 0) is 9.59 Å². The van der Waals surface area contributed by atoms with E-state index in [-0.39, 0.29) is 31.5 Å². The third-order valence-corrected chi connectivity index (χ3v) is 6.79. The van der Waals surface area contributed by atoms with E-state index in [1.807, 2.05) is 0 Å². The van der Waals surface area contributed by atoms with Gasteiger partial charge < -0.3 is 10.6 Å². The summed E-state index contributed by atoms with van der Waals surface area (Å²) in [6.07, 6.45) is 0. The Labute approximate surface area is 219 Å². The van der Waals surface area contributed by atoms with E-state index >= 15 is 0 Å². The summed E-state index contributed by atoms with van der Waals surface area (Å²) < 4.78 is 0. The minimum absolute atomic E-state index is 0.0479. The molecule has 0 fully saturated rings. The molecule has 4 rings (SSSR count).